The Kier molecular flexibility index (Phi) is 15.3. The van der Waals surface area contributed by atoms with E-state index in [1.54, 1.807) is 20.8 Å². The number of ether oxygens (including phenoxy) is 2. The Balaban J connectivity index is 5.00. The minimum atomic E-state index is -1.23. The van der Waals surface area contributed by atoms with Gasteiger partial charge in [0.1, 0.15) is 31.3 Å². The molecule has 0 aromatic rings. The van der Waals surface area contributed by atoms with Crippen LogP contribution >= 0.6 is 11.8 Å². The first-order chi connectivity index (χ1) is 15.5. The molecule has 0 rings (SSSR count). The highest BCUT2D eigenvalue weighted by Crippen LogP contribution is 2.11. The minimum Gasteiger partial charge on any atom is -0.480 e. The van der Waals surface area contributed by atoms with Gasteiger partial charge in [-0.05, 0) is 6.92 Å². The van der Waals surface area contributed by atoms with Crippen molar-refractivity contribution in [3.05, 3.63) is 0 Å². The molecular formula is C20H33N3O9S. The van der Waals surface area contributed by atoms with Crippen LogP contribution in [0.15, 0.2) is 0 Å². The van der Waals surface area contributed by atoms with E-state index in [4.69, 9.17) is 14.6 Å². The van der Waals surface area contributed by atoms with E-state index in [-0.39, 0.29) is 43.3 Å². The van der Waals surface area contributed by atoms with Crippen LogP contribution in [0.25, 0.3) is 0 Å². The van der Waals surface area contributed by atoms with E-state index in [9.17, 15) is 28.8 Å². The fraction of sp³-hybridized carbons (Fsp3) is 0.700. The van der Waals surface area contributed by atoms with Crippen LogP contribution in [-0.2, 0) is 38.2 Å². The molecule has 33 heavy (non-hydrogen) atoms. The van der Waals surface area contributed by atoms with Crippen LogP contribution in [0.5, 0.6) is 0 Å². The molecule has 0 aromatic carbocycles. The molecule has 0 aliphatic rings. The average molecular weight is 492 g/mol. The maximum atomic E-state index is 12.6. The monoisotopic (exact) mass is 491 g/mol. The SMILES string of the molecule is CCC(=O)N[C@@H](CSC[C@@H](COC(=O)CC)OC(=O)CC)C(=O)N[C@@H](C)C(=O)NCC(=O)O. The molecule has 3 atom stereocenters. The Labute approximate surface area is 196 Å². The van der Waals surface area contributed by atoms with Crippen molar-refractivity contribution in [3.63, 3.8) is 0 Å². The smallest absolute Gasteiger partial charge is 0.322 e. The Morgan fingerprint density at radius 2 is 1.52 bits per heavy atom. The molecule has 12 nitrogen and oxygen atoms in total. The number of hydrogen-bond donors (Lipinski definition) is 4. The van der Waals surface area contributed by atoms with Gasteiger partial charge in [-0.3, -0.25) is 28.8 Å². The molecular weight excluding hydrogens is 458 g/mol. The fourth-order valence-electron chi connectivity index (χ4n) is 2.17. The van der Waals surface area contributed by atoms with Gasteiger partial charge in [0, 0.05) is 30.8 Å². The van der Waals surface area contributed by atoms with Crippen molar-refractivity contribution in [2.75, 3.05) is 24.7 Å². The first kappa shape index (κ1) is 30.2. The van der Waals surface area contributed by atoms with Gasteiger partial charge in [-0.15, -0.1) is 0 Å². The molecule has 0 saturated heterocycles. The zero-order chi connectivity index (χ0) is 25.4. The van der Waals surface area contributed by atoms with Gasteiger partial charge in [0.2, 0.25) is 17.7 Å². The molecule has 0 aliphatic carbocycles. The lowest BCUT2D eigenvalue weighted by Gasteiger charge is -2.22. The Bertz CT molecular complexity index is 702. The van der Waals surface area contributed by atoms with Gasteiger partial charge < -0.3 is 30.5 Å². The van der Waals surface area contributed by atoms with E-state index in [0.717, 1.165) is 0 Å². The van der Waals surface area contributed by atoms with E-state index in [2.05, 4.69) is 16.0 Å². The van der Waals surface area contributed by atoms with E-state index in [1.807, 2.05) is 0 Å². The second-order valence-corrected chi connectivity index (χ2v) is 7.93. The highest BCUT2D eigenvalue weighted by atomic mass is 32.2. The number of carbonyl (C=O) groups excluding carboxylic acids is 5. The number of esters is 2. The highest BCUT2D eigenvalue weighted by molar-refractivity contribution is 7.99. The second kappa shape index (κ2) is 16.8. The summed E-state index contributed by atoms with van der Waals surface area (Å²) in [5, 5.41) is 15.8. The number of nitrogens with one attached hydrogen (secondary N) is 3. The van der Waals surface area contributed by atoms with Crippen molar-refractivity contribution < 1.29 is 43.3 Å². The summed E-state index contributed by atoms with van der Waals surface area (Å²) in [5.41, 5.74) is 0. The van der Waals surface area contributed by atoms with E-state index in [1.165, 1.54) is 18.7 Å². The summed E-state index contributed by atoms with van der Waals surface area (Å²) < 4.78 is 10.3. The van der Waals surface area contributed by atoms with Crippen LogP contribution in [0, 0.1) is 0 Å². The summed E-state index contributed by atoms with van der Waals surface area (Å²) in [5.74, 6) is -3.57. The van der Waals surface area contributed by atoms with Gasteiger partial charge in [-0.1, -0.05) is 20.8 Å². The molecule has 188 valence electrons. The highest BCUT2D eigenvalue weighted by Gasteiger charge is 2.25. The second-order valence-electron chi connectivity index (χ2n) is 6.85. The topological polar surface area (TPSA) is 177 Å². The molecule has 0 bridgehead atoms. The molecule has 4 N–H and O–H groups in total. The van der Waals surface area contributed by atoms with E-state index < -0.39 is 54.5 Å². The van der Waals surface area contributed by atoms with Crippen LogP contribution in [0.3, 0.4) is 0 Å². The standard InChI is InChI=1S/C20H33N3O9S/c1-5-15(24)23-14(20(30)22-12(4)19(29)21-8-16(25)26)11-33-10-13(32-18(28)7-3)9-31-17(27)6-2/h12-14H,5-11H2,1-4H3,(H,21,29)(H,22,30)(H,23,24)(H,25,26)/t12-,13+,14-/m0/s1. The van der Waals surface area contributed by atoms with Crippen LogP contribution in [0.2, 0.25) is 0 Å². The predicted molar refractivity (Wildman–Crippen MR) is 119 cm³/mol. The lowest BCUT2D eigenvalue weighted by Crippen LogP contribution is -2.54. The third-order valence-corrected chi connectivity index (χ3v) is 5.21. The van der Waals surface area contributed by atoms with Crippen molar-refractivity contribution >= 4 is 47.4 Å². The number of amides is 3. The molecule has 0 radical (unpaired) electrons. The molecule has 0 aliphatic heterocycles. The van der Waals surface area contributed by atoms with Crippen LogP contribution in [-0.4, -0.2) is 83.6 Å². The fourth-order valence-corrected chi connectivity index (χ4v) is 3.20. The van der Waals surface area contributed by atoms with Crippen molar-refractivity contribution in [1.29, 1.82) is 0 Å². The van der Waals surface area contributed by atoms with E-state index >= 15 is 0 Å². The summed E-state index contributed by atoms with van der Waals surface area (Å²) in [6.07, 6.45) is -0.288. The Hall–Kier alpha value is -2.83. The van der Waals surface area contributed by atoms with Gasteiger partial charge in [0.15, 0.2) is 0 Å². The third-order valence-electron chi connectivity index (χ3n) is 4.03. The zero-order valence-electron chi connectivity index (χ0n) is 19.3. The summed E-state index contributed by atoms with van der Waals surface area (Å²) >= 11 is 1.19. The molecule has 0 saturated carbocycles. The molecule has 0 spiro atoms. The summed E-state index contributed by atoms with van der Waals surface area (Å²) in [6.45, 7) is 5.52. The van der Waals surface area contributed by atoms with Gasteiger partial charge in [0.25, 0.3) is 0 Å². The normalized spacial score (nSPS) is 13.1. The maximum absolute atomic E-state index is 12.6. The van der Waals surface area contributed by atoms with Gasteiger partial charge in [0.05, 0.1) is 0 Å². The summed E-state index contributed by atoms with van der Waals surface area (Å²) in [4.78, 5) is 70.0. The Morgan fingerprint density at radius 3 is 2.06 bits per heavy atom. The van der Waals surface area contributed by atoms with Gasteiger partial charge in [-0.2, -0.15) is 11.8 Å². The number of carboxylic acid groups (broad SMARTS) is 1. The predicted octanol–water partition coefficient (Wildman–Crippen LogP) is -0.405. The van der Waals surface area contributed by atoms with Gasteiger partial charge >= 0.3 is 17.9 Å². The van der Waals surface area contributed by atoms with Crippen LogP contribution in [0.1, 0.15) is 47.0 Å². The third kappa shape index (κ3) is 14.0. The van der Waals surface area contributed by atoms with Gasteiger partial charge in [-0.25, -0.2) is 0 Å². The largest absolute Gasteiger partial charge is 0.480 e. The number of carboxylic acids is 1. The summed E-state index contributed by atoms with van der Waals surface area (Å²) in [6, 6.07) is -2.03. The minimum absolute atomic E-state index is 0.0862. The quantitative estimate of drug-likeness (QED) is 0.208. The zero-order valence-corrected chi connectivity index (χ0v) is 20.1. The number of thioether (sulfide) groups is 1. The van der Waals surface area contributed by atoms with Crippen molar-refractivity contribution in [2.24, 2.45) is 0 Å². The molecule has 0 fully saturated rings. The molecule has 3 amide bonds. The average Bonchev–Trinajstić information content (AvgIpc) is 2.78. The number of hydrogen-bond acceptors (Lipinski definition) is 9. The molecule has 13 heteroatoms. The Morgan fingerprint density at radius 1 is 0.879 bits per heavy atom. The number of aliphatic carboxylic acids is 1. The lowest BCUT2D eigenvalue weighted by molar-refractivity contribution is -0.157. The number of rotatable bonds is 16. The first-order valence-electron chi connectivity index (χ1n) is 10.6. The molecule has 0 heterocycles. The summed E-state index contributed by atoms with van der Waals surface area (Å²) in [7, 11) is 0. The van der Waals surface area contributed by atoms with Crippen LogP contribution in [0.4, 0.5) is 0 Å². The van der Waals surface area contributed by atoms with Crippen molar-refractivity contribution in [1.82, 2.24) is 16.0 Å². The molecule has 0 aromatic heterocycles. The lowest BCUT2D eigenvalue weighted by atomic mass is 10.2. The van der Waals surface area contributed by atoms with Crippen LogP contribution < -0.4 is 16.0 Å². The number of carbonyl (C=O) groups is 6. The first-order valence-corrected chi connectivity index (χ1v) is 11.7. The van der Waals surface area contributed by atoms with Crippen molar-refractivity contribution in [2.45, 2.75) is 65.1 Å². The van der Waals surface area contributed by atoms with Crippen molar-refractivity contribution in [3.8, 4) is 0 Å². The molecule has 0 unspecified atom stereocenters. The maximum Gasteiger partial charge on any atom is 0.322 e. The van der Waals surface area contributed by atoms with E-state index in [0.29, 0.717) is 0 Å².